The van der Waals surface area contributed by atoms with E-state index in [1.807, 2.05) is 19.2 Å². The molecule has 1 rings (SSSR count). The van der Waals surface area contributed by atoms with Gasteiger partial charge in [0.2, 0.25) is 0 Å². The zero-order chi connectivity index (χ0) is 12.0. The molecule has 0 aliphatic heterocycles. The summed E-state index contributed by atoms with van der Waals surface area (Å²) in [6.45, 7) is 0.750. The van der Waals surface area contributed by atoms with E-state index < -0.39 is 12.6 Å². The van der Waals surface area contributed by atoms with Gasteiger partial charge in [0.25, 0.3) is 0 Å². The first-order valence-electron chi connectivity index (χ1n) is 4.88. The lowest BCUT2D eigenvalue weighted by atomic mass is 10.4. The lowest BCUT2D eigenvalue weighted by molar-refractivity contribution is -0.145. The summed E-state index contributed by atoms with van der Waals surface area (Å²) in [7, 11) is 1.85. The van der Waals surface area contributed by atoms with Gasteiger partial charge in [0.15, 0.2) is 0 Å². The maximum Gasteiger partial charge on any atom is 0.391 e. The molecule has 1 heterocycles. The highest BCUT2D eigenvalue weighted by atomic mass is 32.1. The van der Waals surface area contributed by atoms with Gasteiger partial charge < -0.3 is 10.1 Å². The van der Waals surface area contributed by atoms with Crippen LogP contribution in [-0.2, 0) is 17.9 Å². The molecule has 0 amide bonds. The Morgan fingerprint density at radius 2 is 2.00 bits per heavy atom. The van der Waals surface area contributed by atoms with Crippen LogP contribution in [0, 0.1) is 0 Å². The molecule has 0 spiro atoms. The van der Waals surface area contributed by atoms with Crippen LogP contribution in [0.25, 0.3) is 0 Å². The SMILES string of the molecule is CNCc1ccc(COCCC(F)(F)F)s1. The van der Waals surface area contributed by atoms with E-state index in [4.69, 9.17) is 4.74 Å². The van der Waals surface area contributed by atoms with Crippen molar-refractivity contribution in [3.05, 3.63) is 21.9 Å². The summed E-state index contributed by atoms with van der Waals surface area (Å²) in [6, 6.07) is 3.83. The second kappa shape index (κ2) is 6.22. The molecule has 2 nitrogen and oxygen atoms in total. The quantitative estimate of drug-likeness (QED) is 0.787. The van der Waals surface area contributed by atoms with Crippen LogP contribution >= 0.6 is 11.3 Å². The summed E-state index contributed by atoms with van der Waals surface area (Å²) in [6.07, 6.45) is -5.02. The van der Waals surface area contributed by atoms with E-state index in [1.165, 1.54) is 0 Å². The summed E-state index contributed by atoms with van der Waals surface area (Å²) >= 11 is 1.55. The molecule has 0 fully saturated rings. The van der Waals surface area contributed by atoms with E-state index >= 15 is 0 Å². The smallest absolute Gasteiger partial charge is 0.376 e. The molecular formula is C10H14F3NOS. The molecule has 1 aromatic heterocycles. The summed E-state index contributed by atoms with van der Waals surface area (Å²) in [5, 5.41) is 3.01. The zero-order valence-corrected chi connectivity index (χ0v) is 9.75. The largest absolute Gasteiger partial charge is 0.391 e. The number of hydrogen-bond donors (Lipinski definition) is 1. The van der Waals surface area contributed by atoms with Gasteiger partial charge in [-0.25, -0.2) is 0 Å². The summed E-state index contributed by atoms with van der Waals surface area (Å²) in [5.41, 5.74) is 0. The number of thiophene rings is 1. The van der Waals surface area contributed by atoms with E-state index in [0.29, 0.717) is 0 Å². The molecule has 0 bridgehead atoms. The molecule has 0 saturated carbocycles. The average Bonchev–Trinajstić information content (AvgIpc) is 2.60. The fourth-order valence-electron chi connectivity index (χ4n) is 1.13. The monoisotopic (exact) mass is 253 g/mol. The first-order chi connectivity index (χ1) is 7.51. The van der Waals surface area contributed by atoms with Gasteiger partial charge in [-0.15, -0.1) is 11.3 Å². The van der Waals surface area contributed by atoms with Crippen molar-refractivity contribution in [3.8, 4) is 0 Å². The fraction of sp³-hybridized carbons (Fsp3) is 0.600. The van der Waals surface area contributed by atoms with Gasteiger partial charge in [0, 0.05) is 16.3 Å². The van der Waals surface area contributed by atoms with Gasteiger partial charge in [-0.1, -0.05) is 0 Å². The second-order valence-electron chi connectivity index (χ2n) is 3.32. The molecule has 0 aliphatic rings. The van der Waals surface area contributed by atoms with Crippen LogP contribution in [0.2, 0.25) is 0 Å². The van der Waals surface area contributed by atoms with Gasteiger partial charge in [0.1, 0.15) is 0 Å². The Bertz CT molecular complexity index is 311. The average molecular weight is 253 g/mol. The number of nitrogens with one attached hydrogen (secondary N) is 1. The lowest BCUT2D eigenvalue weighted by Crippen LogP contribution is -2.11. The third-order valence-electron chi connectivity index (χ3n) is 1.84. The van der Waals surface area contributed by atoms with Crippen molar-refractivity contribution in [2.45, 2.75) is 25.7 Å². The molecule has 1 N–H and O–H groups in total. The normalized spacial score (nSPS) is 12.0. The van der Waals surface area contributed by atoms with E-state index in [1.54, 1.807) is 11.3 Å². The van der Waals surface area contributed by atoms with Gasteiger partial charge in [-0.3, -0.25) is 0 Å². The van der Waals surface area contributed by atoms with E-state index in [2.05, 4.69) is 5.32 Å². The standard InChI is InChI=1S/C10H14F3NOS/c1-14-6-8-2-3-9(16-8)7-15-5-4-10(11,12)13/h2-3,14H,4-7H2,1H3. The molecule has 0 radical (unpaired) electrons. The van der Waals surface area contributed by atoms with Crippen LogP contribution in [0.5, 0.6) is 0 Å². The van der Waals surface area contributed by atoms with Crippen LogP contribution in [0.4, 0.5) is 13.2 Å². The van der Waals surface area contributed by atoms with Crippen LogP contribution in [0.1, 0.15) is 16.2 Å². The number of rotatable bonds is 6. The number of ether oxygens (including phenoxy) is 1. The number of alkyl halides is 3. The highest BCUT2D eigenvalue weighted by Gasteiger charge is 2.26. The van der Waals surface area contributed by atoms with Crippen molar-refractivity contribution in [1.29, 1.82) is 0 Å². The van der Waals surface area contributed by atoms with Gasteiger partial charge in [-0.05, 0) is 19.2 Å². The van der Waals surface area contributed by atoms with E-state index in [0.717, 1.165) is 16.3 Å². The first-order valence-corrected chi connectivity index (χ1v) is 5.69. The Morgan fingerprint density at radius 3 is 2.62 bits per heavy atom. The van der Waals surface area contributed by atoms with Crippen molar-refractivity contribution >= 4 is 11.3 Å². The van der Waals surface area contributed by atoms with Crippen LogP contribution in [0.15, 0.2) is 12.1 Å². The maximum absolute atomic E-state index is 11.8. The second-order valence-corrected chi connectivity index (χ2v) is 4.57. The molecule has 6 heteroatoms. The zero-order valence-electron chi connectivity index (χ0n) is 8.93. The Balaban J connectivity index is 2.21. The van der Waals surface area contributed by atoms with Gasteiger partial charge >= 0.3 is 6.18 Å². The first kappa shape index (κ1) is 13.5. The van der Waals surface area contributed by atoms with Crippen molar-refractivity contribution in [3.63, 3.8) is 0 Å². The summed E-state index contributed by atoms with van der Waals surface area (Å²) in [4.78, 5) is 2.10. The molecule has 16 heavy (non-hydrogen) atoms. The Morgan fingerprint density at radius 1 is 1.31 bits per heavy atom. The molecule has 1 aromatic rings. The van der Waals surface area contributed by atoms with Crippen molar-refractivity contribution in [2.24, 2.45) is 0 Å². The number of halogens is 3. The molecule has 0 atom stereocenters. The highest BCUT2D eigenvalue weighted by molar-refractivity contribution is 7.11. The molecular weight excluding hydrogens is 239 g/mol. The Hall–Kier alpha value is -0.590. The Labute approximate surface area is 96.4 Å². The van der Waals surface area contributed by atoms with Gasteiger partial charge in [-0.2, -0.15) is 13.2 Å². The fourth-order valence-corrected chi connectivity index (χ4v) is 2.10. The topological polar surface area (TPSA) is 21.3 Å². The van der Waals surface area contributed by atoms with Crippen molar-refractivity contribution in [1.82, 2.24) is 5.32 Å². The predicted molar refractivity (Wildman–Crippen MR) is 57.4 cm³/mol. The third kappa shape index (κ3) is 5.48. The van der Waals surface area contributed by atoms with Crippen LogP contribution in [-0.4, -0.2) is 19.8 Å². The van der Waals surface area contributed by atoms with Crippen LogP contribution < -0.4 is 5.32 Å². The van der Waals surface area contributed by atoms with E-state index in [9.17, 15) is 13.2 Å². The lowest BCUT2D eigenvalue weighted by Gasteiger charge is -2.05. The summed E-state index contributed by atoms with van der Waals surface area (Å²) < 4.78 is 40.4. The predicted octanol–water partition coefficient (Wildman–Crippen LogP) is 2.94. The van der Waals surface area contributed by atoms with Crippen molar-refractivity contribution < 1.29 is 17.9 Å². The van der Waals surface area contributed by atoms with E-state index in [-0.39, 0.29) is 13.2 Å². The maximum atomic E-state index is 11.8. The minimum Gasteiger partial charge on any atom is -0.376 e. The molecule has 0 saturated heterocycles. The molecule has 92 valence electrons. The minimum atomic E-state index is -4.13. The van der Waals surface area contributed by atoms with Crippen LogP contribution in [0.3, 0.4) is 0 Å². The third-order valence-corrected chi connectivity index (χ3v) is 2.90. The molecule has 0 aromatic carbocycles. The van der Waals surface area contributed by atoms with Gasteiger partial charge in [0.05, 0.1) is 19.6 Å². The highest BCUT2D eigenvalue weighted by Crippen LogP contribution is 2.20. The molecule has 0 aliphatic carbocycles. The van der Waals surface area contributed by atoms with Crippen molar-refractivity contribution in [2.75, 3.05) is 13.7 Å². The Kier molecular flexibility index (Phi) is 5.24. The summed E-state index contributed by atoms with van der Waals surface area (Å²) in [5.74, 6) is 0. The minimum absolute atomic E-state index is 0.254. The molecule has 0 unspecified atom stereocenters. The number of hydrogen-bond acceptors (Lipinski definition) is 3.